The molecule has 0 saturated heterocycles. The Kier molecular flexibility index (Phi) is 3.06. The van der Waals surface area contributed by atoms with Gasteiger partial charge in [0.25, 0.3) is 0 Å². The molecule has 0 bridgehead atoms. The molecule has 4 nitrogen and oxygen atoms in total. The Morgan fingerprint density at radius 1 is 1.57 bits per heavy atom. The van der Waals surface area contributed by atoms with Crippen LogP contribution in [0.3, 0.4) is 0 Å². The summed E-state index contributed by atoms with van der Waals surface area (Å²) in [6, 6.07) is 0. The second kappa shape index (κ2) is 3.92. The first-order valence-corrected chi connectivity index (χ1v) is 4.79. The van der Waals surface area contributed by atoms with Gasteiger partial charge in [0.2, 0.25) is 5.78 Å². The van der Waals surface area contributed by atoms with Crippen LogP contribution in [0, 0.1) is 0 Å². The molecule has 0 amide bonds. The lowest BCUT2D eigenvalue weighted by atomic mass is 9.92. The van der Waals surface area contributed by atoms with Crippen LogP contribution in [0.2, 0.25) is 0 Å². The standard InChI is InChI=1S/C10H16N2O2/c1-4-10(14,5-2)8(13)9-11-6-7-12(9)3/h6-7,14H,4-5H2,1-3H3. The van der Waals surface area contributed by atoms with Gasteiger partial charge in [-0.3, -0.25) is 4.79 Å². The average Bonchev–Trinajstić information content (AvgIpc) is 2.62. The van der Waals surface area contributed by atoms with Crippen LogP contribution < -0.4 is 0 Å². The summed E-state index contributed by atoms with van der Waals surface area (Å²) in [6.45, 7) is 3.59. The summed E-state index contributed by atoms with van der Waals surface area (Å²) < 4.78 is 1.62. The van der Waals surface area contributed by atoms with Crippen LogP contribution in [-0.2, 0) is 7.05 Å². The van der Waals surface area contributed by atoms with Gasteiger partial charge in [0.1, 0.15) is 5.60 Å². The van der Waals surface area contributed by atoms with Gasteiger partial charge in [-0.25, -0.2) is 4.98 Å². The first kappa shape index (κ1) is 10.9. The molecule has 1 heterocycles. The zero-order chi connectivity index (χ0) is 10.8. The van der Waals surface area contributed by atoms with Crippen molar-refractivity contribution in [1.29, 1.82) is 0 Å². The van der Waals surface area contributed by atoms with Crippen LogP contribution in [-0.4, -0.2) is 26.0 Å². The quantitative estimate of drug-likeness (QED) is 0.735. The maximum absolute atomic E-state index is 11.9. The van der Waals surface area contributed by atoms with Crippen molar-refractivity contribution in [2.45, 2.75) is 32.3 Å². The number of ketones is 1. The average molecular weight is 196 g/mol. The van der Waals surface area contributed by atoms with Crippen LogP contribution in [0.15, 0.2) is 12.4 Å². The smallest absolute Gasteiger partial charge is 0.229 e. The molecule has 0 fully saturated rings. The minimum atomic E-state index is -1.26. The number of nitrogens with zero attached hydrogens (tertiary/aromatic N) is 2. The van der Waals surface area contributed by atoms with E-state index >= 15 is 0 Å². The largest absolute Gasteiger partial charge is 0.382 e. The number of aromatic nitrogens is 2. The van der Waals surface area contributed by atoms with Gasteiger partial charge in [-0.15, -0.1) is 0 Å². The number of rotatable bonds is 4. The van der Waals surface area contributed by atoms with Crippen LogP contribution in [0.5, 0.6) is 0 Å². The van der Waals surface area contributed by atoms with Crippen molar-refractivity contribution in [3.63, 3.8) is 0 Å². The number of aliphatic hydroxyl groups is 1. The Balaban J connectivity index is 3.01. The Hall–Kier alpha value is -1.16. The molecule has 0 aliphatic heterocycles. The van der Waals surface area contributed by atoms with Crippen LogP contribution in [0.4, 0.5) is 0 Å². The van der Waals surface area contributed by atoms with Gasteiger partial charge < -0.3 is 9.67 Å². The third-order valence-electron chi connectivity index (χ3n) is 2.62. The van der Waals surface area contributed by atoms with Gasteiger partial charge in [0.05, 0.1) is 0 Å². The molecule has 0 aromatic carbocycles. The molecule has 0 radical (unpaired) electrons. The molecule has 1 rings (SSSR count). The van der Waals surface area contributed by atoms with Gasteiger partial charge in [-0.05, 0) is 12.8 Å². The third kappa shape index (κ3) is 1.70. The van der Waals surface area contributed by atoms with Crippen molar-refractivity contribution in [3.05, 3.63) is 18.2 Å². The Morgan fingerprint density at radius 2 is 2.14 bits per heavy atom. The van der Waals surface area contributed by atoms with E-state index in [0.29, 0.717) is 18.7 Å². The van der Waals surface area contributed by atoms with E-state index in [0.717, 1.165) is 0 Å². The maximum atomic E-state index is 11.9. The molecule has 1 aromatic rings. The van der Waals surface area contributed by atoms with Gasteiger partial charge >= 0.3 is 0 Å². The molecule has 4 heteroatoms. The monoisotopic (exact) mass is 196 g/mol. The summed E-state index contributed by atoms with van der Waals surface area (Å²) in [4.78, 5) is 15.8. The predicted molar refractivity (Wildman–Crippen MR) is 53.1 cm³/mol. The summed E-state index contributed by atoms with van der Waals surface area (Å²) >= 11 is 0. The first-order chi connectivity index (χ1) is 6.55. The number of hydrogen-bond donors (Lipinski definition) is 1. The maximum Gasteiger partial charge on any atom is 0.229 e. The zero-order valence-corrected chi connectivity index (χ0v) is 8.82. The molecular formula is C10H16N2O2. The molecule has 0 atom stereocenters. The Morgan fingerprint density at radius 3 is 2.50 bits per heavy atom. The fourth-order valence-electron chi connectivity index (χ4n) is 1.36. The minimum absolute atomic E-state index is 0.296. The fraction of sp³-hybridized carbons (Fsp3) is 0.600. The number of hydrogen-bond acceptors (Lipinski definition) is 3. The Labute approximate surface area is 83.6 Å². The van der Waals surface area contributed by atoms with Crippen LogP contribution in [0.25, 0.3) is 0 Å². The molecule has 78 valence electrons. The number of imidazole rings is 1. The highest BCUT2D eigenvalue weighted by molar-refractivity contribution is 5.99. The highest BCUT2D eigenvalue weighted by Crippen LogP contribution is 2.19. The summed E-state index contributed by atoms with van der Waals surface area (Å²) in [6.07, 6.45) is 4.07. The summed E-state index contributed by atoms with van der Waals surface area (Å²) in [5.74, 6) is 0.0196. The molecule has 1 aromatic heterocycles. The van der Waals surface area contributed by atoms with Crippen molar-refractivity contribution < 1.29 is 9.90 Å². The van der Waals surface area contributed by atoms with Crippen molar-refractivity contribution >= 4 is 5.78 Å². The molecule has 0 aliphatic rings. The van der Waals surface area contributed by atoms with E-state index in [1.54, 1.807) is 37.9 Å². The van der Waals surface area contributed by atoms with Crippen molar-refractivity contribution in [2.24, 2.45) is 7.05 Å². The van der Waals surface area contributed by atoms with Crippen molar-refractivity contribution in [1.82, 2.24) is 9.55 Å². The lowest BCUT2D eigenvalue weighted by molar-refractivity contribution is 0.0264. The van der Waals surface area contributed by atoms with E-state index in [2.05, 4.69) is 4.98 Å². The van der Waals surface area contributed by atoms with Gasteiger partial charge in [-0.1, -0.05) is 13.8 Å². The molecule has 1 N–H and O–H groups in total. The van der Waals surface area contributed by atoms with E-state index in [4.69, 9.17) is 0 Å². The van der Waals surface area contributed by atoms with Gasteiger partial charge in [-0.2, -0.15) is 0 Å². The highest BCUT2D eigenvalue weighted by atomic mass is 16.3. The van der Waals surface area contributed by atoms with Crippen molar-refractivity contribution in [3.8, 4) is 0 Å². The molecule has 0 unspecified atom stereocenters. The molecule has 0 aliphatic carbocycles. The molecule has 0 saturated carbocycles. The SMILES string of the molecule is CCC(O)(CC)C(=O)c1nccn1C. The number of aryl methyl sites for hydroxylation is 1. The zero-order valence-electron chi connectivity index (χ0n) is 8.82. The normalized spacial score (nSPS) is 11.7. The van der Waals surface area contributed by atoms with E-state index in [1.165, 1.54) is 0 Å². The first-order valence-electron chi connectivity index (χ1n) is 4.79. The minimum Gasteiger partial charge on any atom is -0.382 e. The molecule has 0 spiro atoms. The van der Waals surface area contributed by atoms with Gasteiger partial charge in [0.15, 0.2) is 5.82 Å². The van der Waals surface area contributed by atoms with Crippen LogP contribution >= 0.6 is 0 Å². The Bertz CT molecular complexity index is 327. The third-order valence-corrected chi connectivity index (χ3v) is 2.62. The van der Waals surface area contributed by atoms with Crippen molar-refractivity contribution in [2.75, 3.05) is 0 Å². The summed E-state index contributed by atoms with van der Waals surface area (Å²) in [5, 5.41) is 9.99. The number of carbonyl (C=O) groups excluding carboxylic acids is 1. The number of Topliss-reactive ketones (excluding diaryl/α,β-unsaturated/α-hetero) is 1. The van der Waals surface area contributed by atoms with E-state index in [9.17, 15) is 9.90 Å². The predicted octanol–water partition coefficient (Wildman–Crippen LogP) is 1.15. The lowest BCUT2D eigenvalue weighted by Gasteiger charge is -2.22. The molecule has 14 heavy (non-hydrogen) atoms. The second-order valence-electron chi connectivity index (χ2n) is 3.43. The number of carbonyl (C=O) groups is 1. The van der Waals surface area contributed by atoms with E-state index in [1.807, 2.05) is 0 Å². The highest BCUT2D eigenvalue weighted by Gasteiger charge is 2.34. The fourth-order valence-corrected chi connectivity index (χ4v) is 1.36. The topological polar surface area (TPSA) is 55.1 Å². The van der Waals surface area contributed by atoms with Gasteiger partial charge in [0, 0.05) is 19.4 Å². The molecular weight excluding hydrogens is 180 g/mol. The second-order valence-corrected chi connectivity index (χ2v) is 3.43. The summed E-state index contributed by atoms with van der Waals surface area (Å²) in [7, 11) is 1.74. The van der Waals surface area contributed by atoms with E-state index in [-0.39, 0.29) is 5.78 Å². The van der Waals surface area contributed by atoms with E-state index < -0.39 is 5.60 Å². The van der Waals surface area contributed by atoms with Crippen LogP contribution in [0.1, 0.15) is 37.3 Å². The summed E-state index contributed by atoms with van der Waals surface area (Å²) in [5.41, 5.74) is -1.26. The lowest BCUT2D eigenvalue weighted by Crippen LogP contribution is -2.38.